The van der Waals surface area contributed by atoms with Crippen LogP contribution in [-0.2, 0) is 21.1 Å². The summed E-state index contributed by atoms with van der Waals surface area (Å²) in [7, 11) is 0.843. The summed E-state index contributed by atoms with van der Waals surface area (Å²) in [5.74, 6) is 7.11. The SMILES string of the molecule is CCCCP(CCCC)CCCC.CCCCP(CCCC)CCCC.[C-]#CC#C.[C-]#CC#C.[Pt+2]. The van der Waals surface area contributed by atoms with E-state index in [1.165, 1.54) is 77.0 Å². The van der Waals surface area contributed by atoms with Gasteiger partial charge >= 0.3 is 21.1 Å². The summed E-state index contributed by atoms with van der Waals surface area (Å²) in [5, 5.41) is 0. The van der Waals surface area contributed by atoms with Crippen molar-refractivity contribution in [2.75, 3.05) is 37.0 Å². The molecule has 204 valence electrons. The summed E-state index contributed by atoms with van der Waals surface area (Å²) < 4.78 is 0. The van der Waals surface area contributed by atoms with Gasteiger partial charge in [-0.25, -0.2) is 12.8 Å². The summed E-state index contributed by atoms with van der Waals surface area (Å²) in [6.07, 6.45) is 47.3. The van der Waals surface area contributed by atoms with Crippen LogP contribution in [0.2, 0.25) is 0 Å². The topological polar surface area (TPSA) is 0 Å². The zero-order chi connectivity index (χ0) is 26.7. The zero-order valence-electron chi connectivity index (χ0n) is 24.1. The average Bonchev–Trinajstić information content (AvgIpc) is 2.88. The molecule has 0 atom stereocenters. The smallest absolute Gasteiger partial charge is 0.358 e. The Balaban J connectivity index is -0.000000128. The van der Waals surface area contributed by atoms with E-state index in [0.29, 0.717) is 15.8 Å². The zero-order valence-corrected chi connectivity index (χ0v) is 28.2. The second-order valence-corrected chi connectivity index (χ2v) is 13.7. The molecule has 0 radical (unpaired) electrons. The third kappa shape index (κ3) is 51.3. The molecular weight excluding hydrogens is 641 g/mol. The number of terminal acetylenes is 2. The van der Waals surface area contributed by atoms with Gasteiger partial charge in [0.1, 0.15) is 0 Å². The number of hydrogen-bond donors (Lipinski definition) is 0. The largest absolute Gasteiger partial charge is 2.00 e. The van der Waals surface area contributed by atoms with Crippen molar-refractivity contribution in [3.8, 4) is 36.5 Å². The molecule has 0 unspecified atom stereocenters. The fourth-order valence-electron chi connectivity index (χ4n) is 2.96. The minimum atomic E-state index is 0. The first-order chi connectivity index (χ1) is 16.5. The summed E-state index contributed by atoms with van der Waals surface area (Å²) >= 11 is 0. The van der Waals surface area contributed by atoms with Crippen LogP contribution in [0.25, 0.3) is 0 Å². The molecule has 0 aromatic carbocycles. The molecule has 0 bridgehead atoms. The van der Waals surface area contributed by atoms with Crippen molar-refractivity contribution in [1.29, 1.82) is 0 Å². The molecule has 0 heterocycles. The van der Waals surface area contributed by atoms with Gasteiger partial charge in [0.05, 0.1) is 0 Å². The molecular formula is C32H56P2Pt. The molecule has 0 aliphatic rings. The van der Waals surface area contributed by atoms with E-state index in [9.17, 15) is 0 Å². The van der Waals surface area contributed by atoms with Gasteiger partial charge < -0.3 is 12.8 Å². The Morgan fingerprint density at radius 1 is 0.457 bits per heavy atom. The number of rotatable bonds is 18. The predicted octanol–water partition coefficient (Wildman–Crippen LogP) is 10.2. The Morgan fingerprint density at radius 3 is 0.686 bits per heavy atom. The molecule has 0 saturated carbocycles. The van der Waals surface area contributed by atoms with Crippen LogP contribution >= 0.6 is 15.8 Å². The number of hydrogen-bond acceptors (Lipinski definition) is 0. The van der Waals surface area contributed by atoms with Crippen LogP contribution in [0.1, 0.15) is 119 Å². The van der Waals surface area contributed by atoms with Gasteiger partial charge in [0.15, 0.2) is 0 Å². The second-order valence-electron chi connectivity index (χ2n) is 8.34. The third-order valence-corrected chi connectivity index (χ3v) is 10.8. The van der Waals surface area contributed by atoms with Crippen molar-refractivity contribution in [3.05, 3.63) is 12.8 Å². The Kier molecular flexibility index (Phi) is 60.2. The van der Waals surface area contributed by atoms with Crippen LogP contribution in [0.3, 0.4) is 0 Å². The third-order valence-electron chi connectivity index (χ3n) is 5.11. The fourth-order valence-corrected chi connectivity index (χ4v) is 8.88. The van der Waals surface area contributed by atoms with Crippen LogP contribution in [0.15, 0.2) is 0 Å². The molecule has 0 aliphatic heterocycles. The summed E-state index contributed by atoms with van der Waals surface area (Å²) in [5.41, 5.74) is 0. The molecule has 0 aliphatic carbocycles. The van der Waals surface area contributed by atoms with Gasteiger partial charge in [0.2, 0.25) is 0 Å². The van der Waals surface area contributed by atoms with E-state index in [4.69, 9.17) is 12.8 Å². The van der Waals surface area contributed by atoms with E-state index in [-0.39, 0.29) is 21.1 Å². The molecule has 0 aromatic rings. The van der Waals surface area contributed by atoms with Gasteiger partial charge in [-0.3, -0.25) is 23.7 Å². The Morgan fingerprint density at radius 2 is 0.600 bits per heavy atom. The molecule has 0 amide bonds. The maximum Gasteiger partial charge on any atom is 2.00 e. The predicted molar refractivity (Wildman–Crippen MR) is 164 cm³/mol. The van der Waals surface area contributed by atoms with E-state index >= 15 is 0 Å². The first kappa shape index (κ1) is 44.8. The minimum Gasteiger partial charge on any atom is -0.358 e. The molecule has 0 saturated heterocycles. The molecule has 0 spiro atoms. The molecule has 0 N–H and O–H groups in total. The van der Waals surface area contributed by atoms with E-state index in [2.05, 4.69) is 54.4 Å². The fraction of sp³-hybridized carbons (Fsp3) is 0.750. The first-order valence-corrected chi connectivity index (χ1v) is 17.5. The maximum atomic E-state index is 5.97. The van der Waals surface area contributed by atoms with Crippen molar-refractivity contribution in [3.63, 3.8) is 0 Å². The Hall–Kier alpha value is -0.212. The average molecular weight is 698 g/mol. The van der Waals surface area contributed by atoms with Gasteiger partial charge in [-0.05, 0) is 75.5 Å². The van der Waals surface area contributed by atoms with Crippen LogP contribution in [-0.4, -0.2) is 37.0 Å². The van der Waals surface area contributed by atoms with Gasteiger partial charge in [0.25, 0.3) is 0 Å². The van der Waals surface area contributed by atoms with Crippen LogP contribution in [0, 0.1) is 49.4 Å². The maximum absolute atomic E-state index is 5.97. The van der Waals surface area contributed by atoms with Crippen LogP contribution in [0.5, 0.6) is 0 Å². The Labute approximate surface area is 240 Å². The van der Waals surface area contributed by atoms with E-state index in [1.807, 2.05) is 11.8 Å². The van der Waals surface area contributed by atoms with E-state index in [0.717, 1.165) is 0 Å². The van der Waals surface area contributed by atoms with Crippen molar-refractivity contribution in [2.45, 2.75) is 119 Å². The monoisotopic (exact) mass is 697 g/mol. The second kappa shape index (κ2) is 47.0. The van der Waals surface area contributed by atoms with Gasteiger partial charge in [-0.2, -0.15) is 0 Å². The van der Waals surface area contributed by atoms with Gasteiger partial charge in [0, 0.05) is 0 Å². The normalized spacial score (nSPS) is 8.80. The van der Waals surface area contributed by atoms with E-state index < -0.39 is 0 Å². The summed E-state index contributed by atoms with van der Waals surface area (Å²) in [6.45, 7) is 13.9. The van der Waals surface area contributed by atoms with E-state index in [1.54, 1.807) is 48.8 Å². The minimum absolute atomic E-state index is 0. The molecule has 35 heavy (non-hydrogen) atoms. The van der Waals surface area contributed by atoms with Crippen LogP contribution in [0.4, 0.5) is 0 Å². The van der Waals surface area contributed by atoms with Crippen LogP contribution < -0.4 is 0 Å². The summed E-state index contributed by atoms with van der Waals surface area (Å²) in [4.78, 5) is 0. The molecule has 3 heteroatoms. The molecule has 0 nitrogen and oxygen atoms in total. The first-order valence-electron chi connectivity index (χ1n) is 13.7. The van der Waals surface area contributed by atoms with Crippen molar-refractivity contribution >= 4 is 15.8 Å². The Bertz CT molecular complexity index is 406. The van der Waals surface area contributed by atoms with Gasteiger partial charge in [-0.15, -0.1) is 15.8 Å². The van der Waals surface area contributed by atoms with Crippen molar-refractivity contribution in [2.24, 2.45) is 0 Å². The van der Waals surface area contributed by atoms with Crippen molar-refractivity contribution < 1.29 is 21.1 Å². The standard InChI is InChI=1S/2C12H27P.2C4H.Pt/c2*1-4-7-10-13(11-8-5-2)12-9-6-3;2*1-3-4-2;/h2*4-12H2,1-3H3;2*1H;/q;;2*-1;+2. The quantitative estimate of drug-likeness (QED) is 0.0760. The molecule has 0 rings (SSSR count). The number of unbranched alkanes of at least 4 members (excludes halogenated alkanes) is 6. The summed E-state index contributed by atoms with van der Waals surface area (Å²) in [6, 6.07) is 0. The molecule has 0 aromatic heterocycles. The van der Waals surface area contributed by atoms with Crippen molar-refractivity contribution in [1.82, 2.24) is 0 Å². The molecule has 0 fully saturated rings. The van der Waals surface area contributed by atoms with Gasteiger partial charge in [-0.1, -0.05) is 80.1 Å².